The number of benzene rings is 1. The van der Waals surface area contributed by atoms with Crippen LogP contribution in [0.5, 0.6) is 0 Å². The highest BCUT2D eigenvalue weighted by molar-refractivity contribution is 7.12. The summed E-state index contributed by atoms with van der Waals surface area (Å²) in [5.74, 6) is -0.190. The molecule has 0 aliphatic rings. The van der Waals surface area contributed by atoms with Crippen molar-refractivity contribution in [2.75, 3.05) is 6.54 Å². The second-order valence-electron chi connectivity index (χ2n) is 3.93. The van der Waals surface area contributed by atoms with E-state index >= 15 is 0 Å². The van der Waals surface area contributed by atoms with Crippen LogP contribution in [0.25, 0.3) is 0 Å². The lowest BCUT2D eigenvalue weighted by Crippen LogP contribution is -2.15. The van der Waals surface area contributed by atoms with Gasteiger partial charge in [0, 0.05) is 11.4 Å². The quantitative estimate of drug-likeness (QED) is 0.839. The molecule has 0 aliphatic carbocycles. The maximum Gasteiger partial charge on any atom is 0.123 e. The van der Waals surface area contributed by atoms with Gasteiger partial charge in [0.05, 0.1) is 0 Å². The van der Waals surface area contributed by atoms with Crippen LogP contribution in [0.1, 0.15) is 15.3 Å². The third-order valence-electron chi connectivity index (χ3n) is 2.55. The number of nitrogens with zero attached hydrogens (tertiary/aromatic N) is 1. The number of hydrogen-bond acceptors (Lipinski definition) is 3. The van der Waals surface area contributed by atoms with Gasteiger partial charge in [0.1, 0.15) is 16.8 Å². The van der Waals surface area contributed by atoms with Gasteiger partial charge in [-0.25, -0.2) is 4.39 Å². The summed E-state index contributed by atoms with van der Waals surface area (Å²) in [5.41, 5.74) is 0.992. The highest BCUT2D eigenvalue weighted by Crippen LogP contribution is 2.14. The number of rotatable bonds is 5. The lowest BCUT2D eigenvalue weighted by atomic mass is 10.1. The first kappa shape index (κ1) is 12.7. The Hall–Kier alpha value is -1.70. The molecule has 0 atom stereocenters. The highest BCUT2D eigenvalue weighted by atomic mass is 32.1. The number of nitriles is 1. The minimum atomic E-state index is -0.190. The van der Waals surface area contributed by atoms with Crippen LogP contribution in [-0.2, 0) is 13.0 Å². The first-order valence-corrected chi connectivity index (χ1v) is 6.53. The van der Waals surface area contributed by atoms with Crippen molar-refractivity contribution in [1.29, 1.82) is 5.26 Å². The number of nitrogens with one attached hydrogen (secondary N) is 1. The Balaban J connectivity index is 1.75. The Morgan fingerprint density at radius 3 is 2.89 bits per heavy atom. The van der Waals surface area contributed by atoms with Crippen molar-refractivity contribution in [3.05, 3.63) is 57.5 Å². The predicted molar refractivity (Wildman–Crippen MR) is 70.8 cm³/mol. The fourth-order valence-corrected chi connectivity index (χ4v) is 2.44. The van der Waals surface area contributed by atoms with Gasteiger partial charge in [0.15, 0.2) is 0 Å². The zero-order chi connectivity index (χ0) is 12.8. The summed E-state index contributed by atoms with van der Waals surface area (Å²) in [7, 11) is 0. The standard InChI is InChI=1S/C14H13FN2S/c15-12-3-1-2-11(8-12)6-7-17-10-14-5-4-13(9-16)18-14/h1-5,8,17H,6-7,10H2. The Bertz CT molecular complexity index is 557. The zero-order valence-electron chi connectivity index (χ0n) is 9.82. The summed E-state index contributed by atoms with van der Waals surface area (Å²) < 4.78 is 12.9. The van der Waals surface area contributed by atoms with Gasteiger partial charge in [0.2, 0.25) is 0 Å². The third-order valence-corrected chi connectivity index (χ3v) is 3.54. The molecule has 2 aromatic rings. The summed E-state index contributed by atoms with van der Waals surface area (Å²) in [4.78, 5) is 1.88. The van der Waals surface area contributed by atoms with Crippen LogP contribution in [0.4, 0.5) is 4.39 Å². The molecule has 0 saturated carbocycles. The number of hydrogen-bond donors (Lipinski definition) is 1. The summed E-state index contributed by atoms with van der Waals surface area (Å²) in [6.07, 6.45) is 0.800. The monoisotopic (exact) mass is 260 g/mol. The molecule has 0 saturated heterocycles. The lowest BCUT2D eigenvalue weighted by molar-refractivity contribution is 0.623. The SMILES string of the molecule is N#Cc1ccc(CNCCc2cccc(F)c2)s1. The first-order valence-electron chi connectivity index (χ1n) is 5.72. The van der Waals surface area contributed by atoms with E-state index in [4.69, 9.17) is 5.26 Å². The van der Waals surface area contributed by atoms with E-state index in [0.717, 1.165) is 34.8 Å². The van der Waals surface area contributed by atoms with Crippen molar-refractivity contribution < 1.29 is 4.39 Å². The Morgan fingerprint density at radius 2 is 2.17 bits per heavy atom. The van der Waals surface area contributed by atoms with Crippen LogP contribution < -0.4 is 5.32 Å². The van der Waals surface area contributed by atoms with Gasteiger partial charge < -0.3 is 5.32 Å². The molecule has 0 unspecified atom stereocenters. The summed E-state index contributed by atoms with van der Waals surface area (Å²) in [6, 6.07) is 12.6. The summed E-state index contributed by atoms with van der Waals surface area (Å²) >= 11 is 1.50. The molecule has 0 aliphatic heterocycles. The molecule has 0 radical (unpaired) electrons. The van der Waals surface area contributed by atoms with Gasteiger partial charge in [-0.3, -0.25) is 0 Å². The minimum absolute atomic E-state index is 0.190. The minimum Gasteiger partial charge on any atom is -0.312 e. The van der Waals surface area contributed by atoms with Gasteiger partial charge in [0.25, 0.3) is 0 Å². The Morgan fingerprint density at radius 1 is 1.28 bits per heavy atom. The fraction of sp³-hybridized carbons (Fsp3) is 0.214. The maximum atomic E-state index is 12.9. The van der Waals surface area contributed by atoms with Crippen LogP contribution in [0.2, 0.25) is 0 Å². The maximum absolute atomic E-state index is 12.9. The van der Waals surface area contributed by atoms with Crippen molar-refractivity contribution in [1.82, 2.24) is 5.32 Å². The van der Waals surface area contributed by atoms with E-state index in [-0.39, 0.29) is 5.82 Å². The molecule has 0 fully saturated rings. The van der Waals surface area contributed by atoms with E-state index in [1.54, 1.807) is 12.1 Å². The van der Waals surface area contributed by atoms with Crippen molar-refractivity contribution in [3.63, 3.8) is 0 Å². The molecule has 0 bridgehead atoms. The molecule has 4 heteroatoms. The molecule has 2 nitrogen and oxygen atoms in total. The normalized spacial score (nSPS) is 10.2. The van der Waals surface area contributed by atoms with Crippen LogP contribution in [-0.4, -0.2) is 6.54 Å². The van der Waals surface area contributed by atoms with Crippen molar-refractivity contribution in [2.24, 2.45) is 0 Å². The summed E-state index contributed by atoms with van der Waals surface area (Å²) in [6.45, 7) is 1.55. The van der Waals surface area contributed by atoms with Gasteiger partial charge in [-0.15, -0.1) is 11.3 Å². The molecular formula is C14H13FN2S. The topological polar surface area (TPSA) is 35.8 Å². The summed E-state index contributed by atoms with van der Waals surface area (Å²) in [5, 5.41) is 12.0. The molecule has 2 rings (SSSR count). The number of halogens is 1. The predicted octanol–water partition coefficient (Wildman–Crippen LogP) is 3.09. The van der Waals surface area contributed by atoms with Crippen LogP contribution >= 0.6 is 11.3 Å². The van der Waals surface area contributed by atoms with Gasteiger partial charge >= 0.3 is 0 Å². The second-order valence-corrected chi connectivity index (χ2v) is 5.10. The molecule has 1 aromatic carbocycles. The van der Waals surface area contributed by atoms with Gasteiger partial charge in [-0.05, 0) is 42.8 Å². The van der Waals surface area contributed by atoms with Crippen molar-refractivity contribution in [3.8, 4) is 6.07 Å². The Kier molecular flexibility index (Phi) is 4.46. The first-order chi connectivity index (χ1) is 8.78. The van der Waals surface area contributed by atoms with E-state index in [9.17, 15) is 4.39 Å². The second kappa shape index (κ2) is 6.29. The molecule has 1 heterocycles. The average molecular weight is 260 g/mol. The zero-order valence-corrected chi connectivity index (χ0v) is 10.6. The lowest BCUT2D eigenvalue weighted by Gasteiger charge is -2.03. The molecule has 0 amide bonds. The third kappa shape index (κ3) is 3.66. The highest BCUT2D eigenvalue weighted by Gasteiger charge is 1.99. The molecular weight excluding hydrogens is 247 g/mol. The van der Waals surface area contributed by atoms with E-state index in [0.29, 0.717) is 0 Å². The molecule has 0 spiro atoms. The molecule has 92 valence electrons. The largest absolute Gasteiger partial charge is 0.312 e. The average Bonchev–Trinajstić information content (AvgIpc) is 2.83. The van der Waals surface area contributed by atoms with Crippen molar-refractivity contribution in [2.45, 2.75) is 13.0 Å². The van der Waals surface area contributed by atoms with Crippen molar-refractivity contribution >= 4 is 11.3 Å². The van der Waals surface area contributed by atoms with Gasteiger partial charge in [-0.2, -0.15) is 5.26 Å². The fourth-order valence-electron chi connectivity index (χ4n) is 1.67. The van der Waals surface area contributed by atoms with E-state index < -0.39 is 0 Å². The van der Waals surface area contributed by atoms with E-state index in [1.165, 1.54) is 17.4 Å². The van der Waals surface area contributed by atoms with Crippen LogP contribution in [0, 0.1) is 17.1 Å². The Labute approximate surface area is 110 Å². The molecule has 1 aromatic heterocycles. The smallest absolute Gasteiger partial charge is 0.123 e. The van der Waals surface area contributed by atoms with E-state index in [1.807, 2.05) is 18.2 Å². The number of thiophene rings is 1. The molecule has 18 heavy (non-hydrogen) atoms. The molecule has 1 N–H and O–H groups in total. The van der Waals surface area contributed by atoms with Crippen LogP contribution in [0.3, 0.4) is 0 Å². The van der Waals surface area contributed by atoms with E-state index in [2.05, 4.69) is 11.4 Å². The van der Waals surface area contributed by atoms with Gasteiger partial charge in [-0.1, -0.05) is 12.1 Å². The van der Waals surface area contributed by atoms with Crippen LogP contribution in [0.15, 0.2) is 36.4 Å².